The van der Waals surface area contributed by atoms with Crippen molar-refractivity contribution >= 4 is 41.5 Å². The smallest absolute Gasteiger partial charge is 0.248 e. The van der Waals surface area contributed by atoms with E-state index in [1.165, 1.54) is 11.3 Å². The summed E-state index contributed by atoms with van der Waals surface area (Å²) in [6.45, 7) is 9.32. The zero-order valence-corrected chi connectivity index (χ0v) is 21.5. The van der Waals surface area contributed by atoms with Crippen molar-refractivity contribution in [2.45, 2.75) is 46.7 Å². The number of benzene rings is 1. The maximum atomic E-state index is 6.04. The molecule has 0 aliphatic carbocycles. The number of aliphatic imine (C=N–C) groups is 1. The molecule has 3 rings (SSSR count). The lowest BCUT2D eigenvalue weighted by atomic mass is 10.1. The highest BCUT2D eigenvalue weighted by Crippen LogP contribution is 2.20. The lowest BCUT2D eigenvalue weighted by Crippen LogP contribution is -2.43. The largest absolute Gasteiger partial charge is 0.357 e. The van der Waals surface area contributed by atoms with Gasteiger partial charge in [-0.25, -0.2) is 4.99 Å². The number of hydrogen-bond acceptors (Lipinski definition) is 5. The summed E-state index contributed by atoms with van der Waals surface area (Å²) in [7, 11) is 1.97. The molecule has 3 aromatic rings. The molecule has 0 saturated carbocycles. The van der Waals surface area contributed by atoms with Gasteiger partial charge in [-0.05, 0) is 51.8 Å². The van der Waals surface area contributed by atoms with Crippen molar-refractivity contribution in [1.29, 1.82) is 0 Å². The molecule has 10 heteroatoms. The summed E-state index contributed by atoms with van der Waals surface area (Å²) in [6, 6.07) is 7.52. The summed E-state index contributed by atoms with van der Waals surface area (Å²) < 4.78 is 7.26. The predicted molar refractivity (Wildman–Crippen MR) is 134 cm³/mol. The molecule has 0 bridgehead atoms. The second-order valence-electron chi connectivity index (χ2n) is 7.24. The minimum absolute atomic E-state index is 0. The monoisotopic (exact) mass is 557 g/mol. The van der Waals surface area contributed by atoms with Crippen LogP contribution in [-0.4, -0.2) is 38.5 Å². The van der Waals surface area contributed by atoms with Gasteiger partial charge in [0.25, 0.3) is 0 Å². The number of halogens is 2. The van der Waals surface area contributed by atoms with Crippen molar-refractivity contribution in [1.82, 2.24) is 30.6 Å². The van der Waals surface area contributed by atoms with E-state index in [1.807, 2.05) is 37.7 Å². The standard InChI is InChI=1S/C21H28ClN7O.HI/c1-6-23-21(25-13(2)10-18-14(3)27-29(5)15(18)4)24-12-19-26-20(28-30-19)16-8-7-9-17(22)11-16;/h7-9,11,13H,6,10,12H2,1-5H3,(H2,23,24,25);1H. The van der Waals surface area contributed by atoms with E-state index in [9.17, 15) is 0 Å². The average molecular weight is 558 g/mol. The van der Waals surface area contributed by atoms with E-state index in [-0.39, 0.29) is 36.6 Å². The molecule has 8 nitrogen and oxygen atoms in total. The van der Waals surface area contributed by atoms with E-state index in [1.54, 1.807) is 12.1 Å². The van der Waals surface area contributed by atoms with Crippen LogP contribution < -0.4 is 10.6 Å². The molecule has 1 unspecified atom stereocenters. The normalized spacial score (nSPS) is 12.4. The van der Waals surface area contributed by atoms with Crippen LogP contribution in [0.2, 0.25) is 5.02 Å². The topological polar surface area (TPSA) is 93.2 Å². The lowest BCUT2D eigenvalue weighted by molar-refractivity contribution is 0.380. The molecule has 0 amide bonds. The van der Waals surface area contributed by atoms with Crippen LogP contribution in [0.5, 0.6) is 0 Å². The van der Waals surface area contributed by atoms with Gasteiger partial charge >= 0.3 is 0 Å². The first-order valence-corrected chi connectivity index (χ1v) is 10.4. The van der Waals surface area contributed by atoms with Crippen molar-refractivity contribution in [3.8, 4) is 11.4 Å². The Labute approximate surface area is 204 Å². The number of aromatic nitrogens is 4. The highest BCUT2D eigenvalue weighted by atomic mass is 127. The average Bonchev–Trinajstić information content (AvgIpc) is 3.27. The Morgan fingerprint density at radius 2 is 2.10 bits per heavy atom. The Balaban J connectivity index is 0.00000341. The van der Waals surface area contributed by atoms with Gasteiger partial charge in [-0.2, -0.15) is 10.1 Å². The molecule has 0 aliphatic rings. The molecule has 168 valence electrons. The van der Waals surface area contributed by atoms with E-state index in [4.69, 9.17) is 16.1 Å². The van der Waals surface area contributed by atoms with Gasteiger partial charge < -0.3 is 15.2 Å². The zero-order chi connectivity index (χ0) is 21.7. The summed E-state index contributed by atoms with van der Waals surface area (Å²) in [6.07, 6.45) is 0.857. The van der Waals surface area contributed by atoms with Gasteiger partial charge in [0.2, 0.25) is 11.7 Å². The Hall–Kier alpha value is -2.14. The van der Waals surface area contributed by atoms with Crippen LogP contribution >= 0.6 is 35.6 Å². The quantitative estimate of drug-likeness (QED) is 0.259. The molecule has 1 aromatic carbocycles. The molecule has 0 aliphatic heterocycles. The predicted octanol–water partition coefficient (Wildman–Crippen LogP) is 4.04. The molecule has 31 heavy (non-hydrogen) atoms. The summed E-state index contributed by atoms with van der Waals surface area (Å²) in [5.74, 6) is 1.64. The van der Waals surface area contributed by atoms with Gasteiger partial charge in [-0.1, -0.05) is 28.9 Å². The Morgan fingerprint density at radius 1 is 1.32 bits per heavy atom. The van der Waals surface area contributed by atoms with Crippen molar-refractivity contribution < 1.29 is 4.52 Å². The number of rotatable bonds is 7. The first kappa shape index (κ1) is 25.1. The van der Waals surface area contributed by atoms with Gasteiger partial charge in [0, 0.05) is 35.9 Å². The molecule has 0 fully saturated rings. The zero-order valence-electron chi connectivity index (χ0n) is 18.4. The van der Waals surface area contributed by atoms with Gasteiger partial charge in [0.15, 0.2) is 5.96 Å². The summed E-state index contributed by atoms with van der Waals surface area (Å²) in [4.78, 5) is 9.01. The van der Waals surface area contributed by atoms with E-state index in [0.29, 0.717) is 22.7 Å². The third-order valence-electron chi connectivity index (χ3n) is 4.82. The number of hydrogen-bond donors (Lipinski definition) is 2. The van der Waals surface area contributed by atoms with Crippen molar-refractivity contribution in [3.05, 3.63) is 52.1 Å². The van der Waals surface area contributed by atoms with Crippen LogP contribution in [0.25, 0.3) is 11.4 Å². The van der Waals surface area contributed by atoms with Crippen LogP contribution in [-0.2, 0) is 20.0 Å². The number of guanidine groups is 1. The summed E-state index contributed by atoms with van der Waals surface area (Å²) >= 11 is 6.04. The molecular weight excluding hydrogens is 529 g/mol. The van der Waals surface area contributed by atoms with Crippen molar-refractivity contribution in [2.24, 2.45) is 12.0 Å². The Morgan fingerprint density at radius 3 is 2.74 bits per heavy atom. The van der Waals surface area contributed by atoms with Gasteiger partial charge in [-0.15, -0.1) is 24.0 Å². The fraction of sp³-hybridized carbons (Fsp3) is 0.429. The SMILES string of the molecule is CCNC(=NCc1nc(-c2cccc(Cl)c2)no1)NC(C)Cc1c(C)nn(C)c1C.I. The van der Waals surface area contributed by atoms with E-state index < -0.39 is 0 Å². The van der Waals surface area contributed by atoms with E-state index in [2.05, 4.69) is 44.7 Å². The van der Waals surface area contributed by atoms with Crippen LogP contribution in [0, 0.1) is 13.8 Å². The van der Waals surface area contributed by atoms with Crippen LogP contribution in [0.3, 0.4) is 0 Å². The lowest BCUT2D eigenvalue weighted by Gasteiger charge is -2.18. The van der Waals surface area contributed by atoms with Crippen molar-refractivity contribution in [2.75, 3.05) is 6.54 Å². The first-order valence-electron chi connectivity index (χ1n) is 9.99. The molecule has 0 radical (unpaired) electrons. The van der Waals surface area contributed by atoms with Crippen LogP contribution in [0.15, 0.2) is 33.8 Å². The third-order valence-corrected chi connectivity index (χ3v) is 5.05. The second-order valence-corrected chi connectivity index (χ2v) is 7.68. The minimum atomic E-state index is 0. The molecule has 0 spiro atoms. The van der Waals surface area contributed by atoms with Crippen LogP contribution in [0.1, 0.15) is 36.7 Å². The third kappa shape index (κ3) is 6.67. The summed E-state index contributed by atoms with van der Waals surface area (Å²) in [5.41, 5.74) is 4.31. The number of nitrogens with zero attached hydrogens (tertiary/aromatic N) is 5. The van der Waals surface area contributed by atoms with Crippen LogP contribution in [0.4, 0.5) is 0 Å². The van der Waals surface area contributed by atoms with E-state index in [0.717, 1.165) is 24.2 Å². The Bertz CT molecular complexity index is 1030. The molecule has 1 atom stereocenters. The maximum absolute atomic E-state index is 6.04. The second kappa shape index (κ2) is 11.5. The molecule has 0 saturated heterocycles. The Kier molecular flexibility index (Phi) is 9.30. The minimum Gasteiger partial charge on any atom is -0.357 e. The van der Waals surface area contributed by atoms with Gasteiger partial charge in [0.1, 0.15) is 6.54 Å². The van der Waals surface area contributed by atoms with E-state index >= 15 is 0 Å². The van der Waals surface area contributed by atoms with Crippen molar-refractivity contribution in [3.63, 3.8) is 0 Å². The molecular formula is C21H29ClIN7O. The highest BCUT2D eigenvalue weighted by Gasteiger charge is 2.14. The molecule has 2 aromatic heterocycles. The van der Waals surface area contributed by atoms with Gasteiger partial charge in [-0.3, -0.25) is 4.68 Å². The highest BCUT2D eigenvalue weighted by molar-refractivity contribution is 14.0. The summed E-state index contributed by atoms with van der Waals surface area (Å²) in [5, 5.41) is 15.9. The maximum Gasteiger partial charge on any atom is 0.248 e. The fourth-order valence-corrected chi connectivity index (χ4v) is 3.42. The molecule has 2 heterocycles. The number of aryl methyl sites for hydroxylation is 2. The van der Waals surface area contributed by atoms with Gasteiger partial charge in [0.05, 0.1) is 5.69 Å². The fourth-order valence-electron chi connectivity index (χ4n) is 3.23. The molecule has 2 N–H and O–H groups in total. The first-order chi connectivity index (χ1) is 14.4. The number of nitrogens with one attached hydrogen (secondary N) is 2.